The van der Waals surface area contributed by atoms with Gasteiger partial charge in [-0.1, -0.05) is 19.9 Å². The van der Waals surface area contributed by atoms with Crippen molar-refractivity contribution in [2.45, 2.75) is 31.5 Å². The molecule has 0 bridgehead atoms. The molecular formula is C12H14F3NO. The number of halogens is 3. The molecule has 1 atom stereocenters. The number of hydrogen-bond acceptors (Lipinski definition) is 2. The van der Waals surface area contributed by atoms with Crippen molar-refractivity contribution in [2.24, 2.45) is 5.73 Å². The quantitative estimate of drug-likeness (QED) is 0.825. The number of hydrogen-bond donors (Lipinski definition) is 1. The molecule has 2 nitrogen and oxygen atoms in total. The van der Waals surface area contributed by atoms with Gasteiger partial charge in [-0.15, -0.1) is 0 Å². The summed E-state index contributed by atoms with van der Waals surface area (Å²) in [6, 6.07) is 2.49. The second-order valence-corrected chi connectivity index (χ2v) is 4.95. The normalized spacial score (nSPS) is 19.6. The van der Waals surface area contributed by atoms with E-state index in [0.29, 0.717) is 12.4 Å². The lowest BCUT2D eigenvalue weighted by molar-refractivity contribution is -0.149. The van der Waals surface area contributed by atoms with Gasteiger partial charge in [-0.2, -0.15) is 13.2 Å². The first-order chi connectivity index (χ1) is 7.72. The Labute approximate surface area is 97.6 Å². The molecule has 0 radical (unpaired) electrons. The highest BCUT2D eigenvalue weighted by Gasteiger charge is 2.39. The third-order valence-corrected chi connectivity index (χ3v) is 3.03. The first-order valence-electron chi connectivity index (χ1n) is 5.31. The lowest BCUT2D eigenvalue weighted by Crippen LogP contribution is -2.28. The smallest absolute Gasteiger partial charge is 0.407 e. The molecule has 94 valence electrons. The SMILES string of the molecule is CC1(C)COc2ccc(C(N)C(F)(F)F)cc21. The summed E-state index contributed by atoms with van der Waals surface area (Å²) < 4.78 is 43.0. The number of rotatable bonds is 1. The average molecular weight is 245 g/mol. The number of fused-ring (bicyclic) bond motifs is 1. The molecule has 0 saturated carbocycles. The minimum Gasteiger partial charge on any atom is -0.492 e. The maximum absolute atomic E-state index is 12.5. The van der Waals surface area contributed by atoms with E-state index in [1.54, 1.807) is 6.07 Å². The summed E-state index contributed by atoms with van der Waals surface area (Å²) in [7, 11) is 0. The molecule has 17 heavy (non-hydrogen) atoms. The molecule has 0 amide bonds. The van der Waals surface area contributed by atoms with E-state index >= 15 is 0 Å². The molecular weight excluding hydrogens is 231 g/mol. The first kappa shape index (κ1) is 12.2. The molecule has 1 aliphatic rings. The van der Waals surface area contributed by atoms with Crippen LogP contribution in [0.15, 0.2) is 18.2 Å². The third-order valence-electron chi connectivity index (χ3n) is 3.03. The minimum atomic E-state index is -4.42. The molecule has 2 N–H and O–H groups in total. The number of nitrogens with two attached hydrogens (primary N) is 1. The zero-order valence-corrected chi connectivity index (χ0v) is 9.64. The zero-order valence-electron chi connectivity index (χ0n) is 9.64. The van der Waals surface area contributed by atoms with Crippen LogP contribution in [0.4, 0.5) is 13.2 Å². The van der Waals surface area contributed by atoms with Crippen LogP contribution < -0.4 is 10.5 Å². The van der Waals surface area contributed by atoms with E-state index in [4.69, 9.17) is 10.5 Å². The van der Waals surface area contributed by atoms with Crippen LogP contribution in [0.25, 0.3) is 0 Å². The van der Waals surface area contributed by atoms with Gasteiger partial charge >= 0.3 is 6.18 Å². The Kier molecular flexibility index (Phi) is 2.61. The summed E-state index contributed by atoms with van der Waals surface area (Å²) in [5.74, 6) is 0.646. The molecule has 2 rings (SSSR count). The van der Waals surface area contributed by atoms with Crippen LogP contribution in [0.3, 0.4) is 0 Å². The second kappa shape index (κ2) is 3.63. The van der Waals surface area contributed by atoms with E-state index in [-0.39, 0.29) is 11.0 Å². The van der Waals surface area contributed by atoms with Crippen LogP contribution in [-0.4, -0.2) is 12.8 Å². The maximum atomic E-state index is 12.5. The Hall–Kier alpha value is -1.23. The predicted octanol–water partition coefficient (Wildman–Crippen LogP) is 2.92. The highest BCUT2D eigenvalue weighted by Crippen LogP contribution is 2.41. The van der Waals surface area contributed by atoms with Crippen molar-refractivity contribution in [3.05, 3.63) is 29.3 Å². The zero-order chi connectivity index (χ0) is 12.8. The first-order valence-corrected chi connectivity index (χ1v) is 5.31. The highest BCUT2D eigenvalue weighted by atomic mass is 19.4. The number of alkyl halides is 3. The summed E-state index contributed by atoms with van der Waals surface area (Å²) in [4.78, 5) is 0. The molecule has 0 aromatic heterocycles. The molecule has 1 heterocycles. The van der Waals surface area contributed by atoms with Gasteiger partial charge in [0, 0.05) is 11.0 Å². The second-order valence-electron chi connectivity index (χ2n) is 4.95. The van der Waals surface area contributed by atoms with Gasteiger partial charge in [0.15, 0.2) is 0 Å². The van der Waals surface area contributed by atoms with E-state index in [1.165, 1.54) is 12.1 Å². The lowest BCUT2D eigenvalue weighted by Gasteiger charge is -2.19. The van der Waals surface area contributed by atoms with Gasteiger partial charge in [0.1, 0.15) is 11.8 Å². The van der Waals surface area contributed by atoms with E-state index in [1.807, 2.05) is 13.8 Å². The molecule has 1 aromatic carbocycles. The van der Waals surface area contributed by atoms with Gasteiger partial charge in [-0.3, -0.25) is 0 Å². The van der Waals surface area contributed by atoms with Gasteiger partial charge < -0.3 is 10.5 Å². The van der Waals surface area contributed by atoms with Crippen molar-refractivity contribution in [1.82, 2.24) is 0 Å². The number of ether oxygens (including phenoxy) is 1. The van der Waals surface area contributed by atoms with E-state index < -0.39 is 12.2 Å². The summed E-state index contributed by atoms with van der Waals surface area (Å²) in [5, 5.41) is 0. The molecule has 1 aromatic rings. The van der Waals surface area contributed by atoms with Crippen LogP contribution in [0.5, 0.6) is 5.75 Å². The molecule has 0 aliphatic carbocycles. The lowest BCUT2D eigenvalue weighted by atomic mass is 9.85. The van der Waals surface area contributed by atoms with Crippen molar-refractivity contribution in [3.8, 4) is 5.75 Å². The van der Waals surface area contributed by atoms with E-state index in [0.717, 1.165) is 5.56 Å². The molecule has 5 heteroatoms. The summed E-state index contributed by atoms with van der Waals surface area (Å²) in [5.41, 5.74) is 5.79. The Morgan fingerprint density at radius 1 is 1.35 bits per heavy atom. The van der Waals surface area contributed by atoms with Crippen molar-refractivity contribution >= 4 is 0 Å². The largest absolute Gasteiger partial charge is 0.492 e. The molecule has 0 spiro atoms. The average Bonchev–Trinajstić information content (AvgIpc) is 2.52. The van der Waals surface area contributed by atoms with Gasteiger partial charge in [0.25, 0.3) is 0 Å². The Bertz CT molecular complexity index is 440. The Morgan fingerprint density at radius 2 is 2.00 bits per heavy atom. The molecule has 0 saturated heterocycles. The minimum absolute atomic E-state index is 0.0785. The molecule has 0 fully saturated rings. The predicted molar refractivity (Wildman–Crippen MR) is 57.9 cm³/mol. The van der Waals surface area contributed by atoms with Gasteiger partial charge in [0.2, 0.25) is 0 Å². The Morgan fingerprint density at radius 3 is 2.59 bits per heavy atom. The highest BCUT2D eigenvalue weighted by molar-refractivity contribution is 5.46. The van der Waals surface area contributed by atoms with Crippen LogP contribution in [0, 0.1) is 0 Å². The van der Waals surface area contributed by atoms with E-state index in [9.17, 15) is 13.2 Å². The third kappa shape index (κ3) is 2.11. The van der Waals surface area contributed by atoms with Crippen LogP contribution in [0.2, 0.25) is 0 Å². The summed E-state index contributed by atoms with van der Waals surface area (Å²) in [6.45, 7) is 4.34. The topological polar surface area (TPSA) is 35.2 Å². The molecule has 1 unspecified atom stereocenters. The van der Waals surface area contributed by atoms with Crippen molar-refractivity contribution in [2.75, 3.05) is 6.61 Å². The fourth-order valence-electron chi connectivity index (χ4n) is 1.92. The van der Waals surface area contributed by atoms with E-state index in [2.05, 4.69) is 0 Å². The summed E-state index contributed by atoms with van der Waals surface area (Å²) in [6.07, 6.45) is -4.42. The monoisotopic (exact) mass is 245 g/mol. The van der Waals surface area contributed by atoms with Crippen molar-refractivity contribution in [1.29, 1.82) is 0 Å². The van der Waals surface area contributed by atoms with Gasteiger partial charge in [-0.25, -0.2) is 0 Å². The fourth-order valence-corrected chi connectivity index (χ4v) is 1.92. The molecule has 1 aliphatic heterocycles. The maximum Gasteiger partial charge on any atom is 0.407 e. The number of benzene rings is 1. The van der Waals surface area contributed by atoms with Crippen molar-refractivity contribution < 1.29 is 17.9 Å². The van der Waals surface area contributed by atoms with Crippen molar-refractivity contribution in [3.63, 3.8) is 0 Å². The van der Waals surface area contributed by atoms with Crippen LogP contribution >= 0.6 is 0 Å². The van der Waals surface area contributed by atoms with Crippen LogP contribution in [-0.2, 0) is 5.41 Å². The van der Waals surface area contributed by atoms with Gasteiger partial charge in [0.05, 0.1) is 6.61 Å². The Balaban J connectivity index is 2.41. The van der Waals surface area contributed by atoms with Gasteiger partial charge in [-0.05, 0) is 17.7 Å². The standard InChI is InChI=1S/C12H14F3NO/c1-11(2)6-17-9-4-3-7(5-8(9)11)10(16)12(13,14)15/h3-5,10H,6,16H2,1-2H3. The fraction of sp³-hybridized carbons (Fsp3) is 0.500. The summed E-state index contributed by atoms with van der Waals surface area (Å²) >= 11 is 0. The van der Waals surface area contributed by atoms with Crippen LogP contribution in [0.1, 0.15) is 31.0 Å².